The van der Waals surface area contributed by atoms with Gasteiger partial charge >= 0.3 is 0 Å². The summed E-state index contributed by atoms with van der Waals surface area (Å²) in [7, 11) is 1.83. The van der Waals surface area contributed by atoms with Crippen molar-refractivity contribution in [2.45, 2.75) is 39.2 Å². The molecule has 0 aliphatic heterocycles. The van der Waals surface area contributed by atoms with Crippen LogP contribution >= 0.6 is 0 Å². The highest BCUT2D eigenvalue weighted by atomic mass is 16.2. The van der Waals surface area contributed by atoms with E-state index in [1.165, 1.54) is 0 Å². The van der Waals surface area contributed by atoms with Gasteiger partial charge < -0.3 is 4.90 Å². The number of hydrogen-bond donors (Lipinski definition) is 1. The van der Waals surface area contributed by atoms with Crippen molar-refractivity contribution in [2.24, 2.45) is 0 Å². The van der Waals surface area contributed by atoms with Crippen molar-refractivity contribution in [3.8, 4) is 0 Å². The number of unbranched alkanes of at least 4 members (excludes halogenated alkanes) is 2. The number of carbonyl (C=O) groups is 1. The predicted molar refractivity (Wildman–Crippen MR) is 59.2 cm³/mol. The summed E-state index contributed by atoms with van der Waals surface area (Å²) < 4.78 is 0. The monoisotopic (exact) mass is 209 g/mol. The molecule has 0 aliphatic rings. The normalized spacial score (nSPS) is 10.3. The van der Waals surface area contributed by atoms with Gasteiger partial charge in [-0.3, -0.25) is 9.89 Å². The molecule has 15 heavy (non-hydrogen) atoms. The number of nitrogens with one attached hydrogen (secondary N) is 1. The van der Waals surface area contributed by atoms with Gasteiger partial charge in [0.15, 0.2) is 0 Å². The van der Waals surface area contributed by atoms with Crippen LogP contribution in [-0.2, 0) is 11.3 Å². The first kappa shape index (κ1) is 11.8. The number of H-pyrrole nitrogens is 1. The van der Waals surface area contributed by atoms with Gasteiger partial charge in [-0.25, -0.2) is 0 Å². The highest BCUT2D eigenvalue weighted by molar-refractivity contribution is 5.75. The Morgan fingerprint density at radius 2 is 2.33 bits per heavy atom. The van der Waals surface area contributed by atoms with E-state index in [0.29, 0.717) is 13.0 Å². The van der Waals surface area contributed by atoms with Crippen LogP contribution in [0.5, 0.6) is 0 Å². The Balaban J connectivity index is 2.27. The maximum absolute atomic E-state index is 11.6. The van der Waals surface area contributed by atoms with Crippen LogP contribution < -0.4 is 0 Å². The summed E-state index contributed by atoms with van der Waals surface area (Å²) >= 11 is 0. The smallest absolute Gasteiger partial charge is 0.222 e. The second-order valence-corrected chi connectivity index (χ2v) is 3.81. The third-order valence-electron chi connectivity index (χ3n) is 2.39. The Kier molecular flexibility index (Phi) is 4.87. The average Bonchev–Trinajstić information content (AvgIpc) is 2.70. The zero-order valence-corrected chi connectivity index (χ0v) is 9.49. The van der Waals surface area contributed by atoms with E-state index < -0.39 is 0 Å². The van der Waals surface area contributed by atoms with Crippen LogP contribution in [0.15, 0.2) is 12.4 Å². The van der Waals surface area contributed by atoms with E-state index in [4.69, 9.17) is 0 Å². The molecule has 0 saturated heterocycles. The Bertz CT molecular complexity index is 282. The van der Waals surface area contributed by atoms with Crippen LogP contribution in [-0.4, -0.2) is 28.1 Å². The lowest BCUT2D eigenvalue weighted by molar-refractivity contribution is -0.130. The van der Waals surface area contributed by atoms with Gasteiger partial charge in [0.25, 0.3) is 0 Å². The van der Waals surface area contributed by atoms with Gasteiger partial charge in [-0.15, -0.1) is 0 Å². The third-order valence-corrected chi connectivity index (χ3v) is 2.39. The van der Waals surface area contributed by atoms with Crippen molar-refractivity contribution < 1.29 is 4.79 Å². The van der Waals surface area contributed by atoms with E-state index >= 15 is 0 Å². The van der Waals surface area contributed by atoms with Gasteiger partial charge in [-0.1, -0.05) is 19.8 Å². The molecular formula is C11H19N3O. The van der Waals surface area contributed by atoms with Crippen molar-refractivity contribution in [2.75, 3.05) is 7.05 Å². The zero-order valence-electron chi connectivity index (χ0n) is 9.49. The minimum absolute atomic E-state index is 0.213. The van der Waals surface area contributed by atoms with E-state index in [9.17, 15) is 4.79 Å². The third kappa shape index (κ3) is 4.14. The second kappa shape index (κ2) is 6.22. The van der Waals surface area contributed by atoms with Crippen molar-refractivity contribution in [1.29, 1.82) is 0 Å². The van der Waals surface area contributed by atoms with Crippen LogP contribution in [0.3, 0.4) is 0 Å². The quantitative estimate of drug-likeness (QED) is 0.728. The number of amides is 1. The Morgan fingerprint density at radius 1 is 1.53 bits per heavy atom. The molecule has 1 N–H and O–H groups in total. The molecule has 4 nitrogen and oxygen atoms in total. The molecule has 1 aromatic rings. The maximum Gasteiger partial charge on any atom is 0.222 e. The first-order valence-corrected chi connectivity index (χ1v) is 5.45. The summed E-state index contributed by atoms with van der Waals surface area (Å²) in [5.41, 5.74) is 1.04. The van der Waals surface area contributed by atoms with E-state index in [-0.39, 0.29) is 5.91 Å². The van der Waals surface area contributed by atoms with E-state index in [2.05, 4.69) is 17.1 Å². The molecule has 0 aliphatic carbocycles. The lowest BCUT2D eigenvalue weighted by Crippen LogP contribution is -2.25. The standard InChI is InChI=1S/C11H19N3O/c1-3-4-5-6-11(15)14(2)9-10-7-12-13-8-10/h7-8H,3-6,9H2,1-2H3,(H,12,13). The number of nitrogens with zero attached hydrogens (tertiary/aromatic N) is 2. The molecule has 0 bridgehead atoms. The first-order valence-electron chi connectivity index (χ1n) is 5.45. The van der Waals surface area contributed by atoms with Crippen molar-refractivity contribution in [3.63, 3.8) is 0 Å². The zero-order chi connectivity index (χ0) is 11.1. The maximum atomic E-state index is 11.6. The molecule has 0 fully saturated rings. The molecule has 4 heteroatoms. The van der Waals surface area contributed by atoms with Crippen molar-refractivity contribution in [1.82, 2.24) is 15.1 Å². The number of carbonyl (C=O) groups excluding carboxylic acids is 1. The molecule has 0 aromatic carbocycles. The van der Waals surface area contributed by atoms with Crippen LogP contribution in [0.25, 0.3) is 0 Å². The Hall–Kier alpha value is -1.32. The van der Waals surface area contributed by atoms with Gasteiger partial charge in [0.2, 0.25) is 5.91 Å². The summed E-state index contributed by atoms with van der Waals surface area (Å²) in [5, 5.41) is 6.59. The van der Waals surface area contributed by atoms with Crippen LogP contribution in [0.1, 0.15) is 38.2 Å². The number of aromatic amines is 1. The minimum atomic E-state index is 0.213. The molecule has 1 heterocycles. The van der Waals surface area contributed by atoms with Gasteiger partial charge in [0, 0.05) is 31.8 Å². The highest BCUT2D eigenvalue weighted by Crippen LogP contribution is 2.05. The molecule has 0 spiro atoms. The first-order chi connectivity index (χ1) is 7.24. The van der Waals surface area contributed by atoms with Crippen molar-refractivity contribution >= 4 is 5.91 Å². The predicted octanol–water partition coefficient (Wildman–Crippen LogP) is 1.95. The van der Waals surface area contributed by atoms with Crippen molar-refractivity contribution in [3.05, 3.63) is 18.0 Å². The average molecular weight is 209 g/mol. The molecule has 1 rings (SSSR count). The van der Waals surface area contributed by atoms with Crippen LogP contribution in [0.2, 0.25) is 0 Å². The second-order valence-electron chi connectivity index (χ2n) is 3.81. The molecule has 84 valence electrons. The largest absolute Gasteiger partial charge is 0.341 e. The highest BCUT2D eigenvalue weighted by Gasteiger charge is 2.08. The van der Waals surface area contributed by atoms with E-state index in [0.717, 1.165) is 24.8 Å². The number of aromatic nitrogens is 2. The molecule has 0 radical (unpaired) electrons. The Labute approximate surface area is 90.7 Å². The molecular weight excluding hydrogens is 190 g/mol. The minimum Gasteiger partial charge on any atom is -0.341 e. The number of hydrogen-bond acceptors (Lipinski definition) is 2. The molecule has 0 saturated carbocycles. The molecule has 1 aromatic heterocycles. The van der Waals surface area contributed by atoms with Gasteiger partial charge in [-0.05, 0) is 6.42 Å². The van der Waals surface area contributed by atoms with Gasteiger partial charge in [0.05, 0.1) is 6.20 Å². The fourth-order valence-electron chi connectivity index (χ4n) is 1.44. The topological polar surface area (TPSA) is 49.0 Å². The summed E-state index contributed by atoms with van der Waals surface area (Å²) in [6.07, 6.45) is 7.49. The molecule has 0 atom stereocenters. The SMILES string of the molecule is CCCCCC(=O)N(C)Cc1cn[nH]c1. The van der Waals surface area contributed by atoms with Gasteiger partial charge in [-0.2, -0.15) is 5.10 Å². The summed E-state index contributed by atoms with van der Waals surface area (Å²) in [6.45, 7) is 2.78. The van der Waals surface area contributed by atoms with E-state index in [1.54, 1.807) is 11.1 Å². The fourth-order valence-corrected chi connectivity index (χ4v) is 1.44. The summed E-state index contributed by atoms with van der Waals surface area (Å²) in [5.74, 6) is 0.213. The van der Waals surface area contributed by atoms with E-state index in [1.807, 2.05) is 13.2 Å². The number of rotatable bonds is 6. The summed E-state index contributed by atoms with van der Waals surface area (Å²) in [6, 6.07) is 0. The Morgan fingerprint density at radius 3 is 2.93 bits per heavy atom. The molecule has 1 amide bonds. The van der Waals surface area contributed by atoms with Crippen LogP contribution in [0.4, 0.5) is 0 Å². The lowest BCUT2D eigenvalue weighted by Gasteiger charge is -2.15. The van der Waals surface area contributed by atoms with Gasteiger partial charge in [0.1, 0.15) is 0 Å². The summed E-state index contributed by atoms with van der Waals surface area (Å²) in [4.78, 5) is 13.4. The van der Waals surface area contributed by atoms with Crippen LogP contribution in [0, 0.1) is 0 Å². The fraction of sp³-hybridized carbons (Fsp3) is 0.636. The lowest BCUT2D eigenvalue weighted by atomic mass is 10.2. The molecule has 0 unspecified atom stereocenters.